The highest BCUT2D eigenvalue weighted by Crippen LogP contribution is 2.28. The first-order valence-electron chi connectivity index (χ1n) is 4.74. The van der Waals surface area contributed by atoms with E-state index in [1.54, 1.807) is 37.3 Å². The number of benzene rings is 1. The minimum atomic E-state index is -0.807. The molecule has 0 aliphatic carbocycles. The predicted molar refractivity (Wildman–Crippen MR) is 62.2 cm³/mol. The van der Waals surface area contributed by atoms with Crippen LogP contribution in [-0.2, 0) is 0 Å². The third kappa shape index (κ3) is 1.86. The number of hydrogen-bond donors (Lipinski definition) is 1. The summed E-state index contributed by atoms with van der Waals surface area (Å²) in [7, 11) is 0. The summed E-state index contributed by atoms with van der Waals surface area (Å²) in [5.41, 5.74) is 0.624. The van der Waals surface area contributed by atoms with Crippen molar-refractivity contribution in [1.82, 2.24) is 4.98 Å². The Labute approximate surface area is 96.7 Å². The first-order valence-corrected chi connectivity index (χ1v) is 5.11. The highest BCUT2D eigenvalue weighted by molar-refractivity contribution is 6.33. The number of rotatable bonds is 1. The molecular weight excluding hydrogens is 229 g/mol. The average molecular weight is 238 g/mol. The molecule has 0 amide bonds. The number of aromatic amines is 1. The van der Waals surface area contributed by atoms with Crippen LogP contribution in [0.3, 0.4) is 0 Å². The Balaban J connectivity index is 2.74. The molecule has 0 fully saturated rings. The maximum atomic E-state index is 13.6. The van der Waals surface area contributed by atoms with Gasteiger partial charge in [-0.15, -0.1) is 0 Å². The fourth-order valence-corrected chi connectivity index (χ4v) is 1.79. The Kier molecular flexibility index (Phi) is 2.79. The summed E-state index contributed by atoms with van der Waals surface area (Å²) in [6.07, 6.45) is 0. The van der Waals surface area contributed by atoms with Crippen molar-refractivity contribution in [3.63, 3.8) is 0 Å². The Morgan fingerprint density at radius 1 is 1.25 bits per heavy atom. The molecule has 0 saturated heterocycles. The van der Waals surface area contributed by atoms with Crippen LogP contribution in [0.15, 0.2) is 35.1 Å². The second kappa shape index (κ2) is 4.10. The van der Waals surface area contributed by atoms with Gasteiger partial charge in [-0.2, -0.15) is 0 Å². The van der Waals surface area contributed by atoms with E-state index < -0.39 is 11.4 Å². The monoisotopic (exact) mass is 237 g/mol. The number of halogens is 2. The zero-order valence-corrected chi connectivity index (χ0v) is 9.31. The molecule has 1 N–H and O–H groups in total. The number of aryl methyl sites for hydroxylation is 1. The van der Waals surface area contributed by atoms with Gasteiger partial charge in [0.1, 0.15) is 0 Å². The van der Waals surface area contributed by atoms with Crippen molar-refractivity contribution >= 4 is 11.6 Å². The fraction of sp³-hybridized carbons (Fsp3) is 0.0833. The van der Waals surface area contributed by atoms with Gasteiger partial charge in [0.05, 0.1) is 0 Å². The van der Waals surface area contributed by atoms with Gasteiger partial charge in [0, 0.05) is 21.8 Å². The van der Waals surface area contributed by atoms with E-state index in [4.69, 9.17) is 11.6 Å². The summed E-state index contributed by atoms with van der Waals surface area (Å²) in [6, 6.07) is 8.41. The molecule has 16 heavy (non-hydrogen) atoms. The average Bonchev–Trinajstić information content (AvgIpc) is 2.24. The van der Waals surface area contributed by atoms with Crippen molar-refractivity contribution in [2.45, 2.75) is 6.92 Å². The van der Waals surface area contributed by atoms with Crippen LogP contribution in [0.25, 0.3) is 11.1 Å². The Morgan fingerprint density at radius 2 is 1.94 bits per heavy atom. The smallest absolute Gasteiger partial charge is 0.284 e. The third-order valence-electron chi connectivity index (χ3n) is 2.27. The number of pyridine rings is 1. The minimum Gasteiger partial charge on any atom is -0.324 e. The molecule has 1 aromatic heterocycles. The van der Waals surface area contributed by atoms with Gasteiger partial charge in [0.2, 0.25) is 0 Å². The molecule has 0 aliphatic heterocycles. The maximum absolute atomic E-state index is 13.6. The van der Waals surface area contributed by atoms with Gasteiger partial charge in [0.25, 0.3) is 5.56 Å². The SMILES string of the molecule is Cc1cc(-c2ccccc2Cl)c(F)c(=O)[nH]1. The summed E-state index contributed by atoms with van der Waals surface area (Å²) < 4.78 is 13.6. The lowest BCUT2D eigenvalue weighted by Gasteiger charge is -2.06. The summed E-state index contributed by atoms with van der Waals surface area (Å²) >= 11 is 5.96. The topological polar surface area (TPSA) is 32.9 Å². The van der Waals surface area contributed by atoms with E-state index in [9.17, 15) is 9.18 Å². The zero-order chi connectivity index (χ0) is 11.7. The molecular formula is C12H9ClFNO. The minimum absolute atomic E-state index is 0.229. The van der Waals surface area contributed by atoms with E-state index in [0.29, 0.717) is 16.3 Å². The van der Waals surface area contributed by atoms with Gasteiger partial charge in [0.15, 0.2) is 5.82 Å². The highest BCUT2D eigenvalue weighted by Gasteiger charge is 2.12. The van der Waals surface area contributed by atoms with E-state index in [1.807, 2.05) is 0 Å². The molecule has 1 aromatic carbocycles. The zero-order valence-electron chi connectivity index (χ0n) is 8.55. The third-order valence-corrected chi connectivity index (χ3v) is 2.60. The van der Waals surface area contributed by atoms with Gasteiger partial charge in [-0.1, -0.05) is 29.8 Å². The lowest BCUT2D eigenvalue weighted by molar-refractivity contribution is 0.611. The van der Waals surface area contributed by atoms with Crippen LogP contribution >= 0.6 is 11.6 Å². The summed E-state index contributed by atoms with van der Waals surface area (Å²) in [4.78, 5) is 13.7. The molecule has 0 unspecified atom stereocenters. The number of H-pyrrole nitrogens is 1. The van der Waals surface area contributed by atoms with E-state index in [0.717, 1.165) is 0 Å². The molecule has 4 heteroatoms. The molecule has 2 aromatic rings. The van der Waals surface area contributed by atoms with Crippen molar-refractivity contribution in [2.24, 2.45) is 0 Å². The summed E-state index contributed by atoms with van der Waals surface area (Å²) in [5.74, 6) is -0.807. The van der Waals surface area contributed by atoms with Crippen LogP contribution in [0.1, 0.15) is 5.69 Å². The van der Waals surface area contributed by atoms with E-state index in [1.165, 1.54) is 0 Å². The van der Waals surface area contributed by atoms with E-state index in [2.05, 4.69) is 4.98 Å². The molecule has 1 heterocycles. The maximum Gasteiger partial charge on any atom is 0.284 e. The van der Waals surface area contributed by atoms with Crippen molar-refractivity contribution in [1.29, 1.82) is 0 Å². The molecule has 0 bridgehead atoms. The lowest BCUT2D eigenvalue weighted by atomic mass is 10.1. The number of hydrogen-bond acceptors (Lipinski definition) is 1. The molecule has 0 atom stereocenters. The van der Waals surface area contributed by atoms with Crippen LogP contribution in [-0.4, -0.2) is 4.98 Å². The first kappa shape index (κ1) is 10.9. The predicted octanol–water partition coefficient (Wildman–Crippen LogP) is 3.14. The van der Waals surface area contributed by atoms with E-state index in [-0.39, 0.29) is 5.56 Å². The molecule has 2 rings (SSSR count). The molecule has 82 valence electrons. The van der Waals surface area contributed by atoms with Gasteiger partial charge in [-0.05, 0) is 19.1 Å². The molecule has 0 radical (unpaired) electrons. The molecule has 0 saturated carbocycles. The van der Waals surface area contributed by atoms with Crippen molar-refractivity contribution < 1.29 is 4.39 Å². The van der Waals surface area contributed by atoms with Crippen LogP contribution in [0, 0.1) is 12.7 Å². The van der Waals surface area contributed by atoms with Gasteiger partial charge >= 0.3 is 0 Å². The van der Waals surface area contributed by atoms with Crippen molar-refractivity contribution in [3.8, 4) is 11.1 Å². The van der Waals surface area contributed by atoms with Crippen LogP contribution < -0.4 is 5.56 Å². The number of nitrogens with one attached hydrogen (secondary N) is 1. The Morgan fingerprint density at radius 3 is 2.62 bits per heavy atom. The van der Waals surface area contributed by atoms with Crippen LogP contribution in [0.2, 0.25) is 5.02 Å². The largest absolute Gasteiger partial charge is 0.324 e. The first-order chi connectivity index (χ1) is 7.59. The standard InChI is InChI=1S/C12H9ClFNO/c1-7-6-9(11(14)12(16)15-7)8-4-2-3-5-10(8)13/h2-6H,1H3,(H,15,16). The Hall–Kier alpha value is -1.61. The Bertz CT molecular complexity index is 592. The summed E-state index contributed by atoms with van der Waals surface area (Å²) in [5, 5.41) is 0.423. The summed E-state index contributed by atoms with van der Waals surface area (Å²) in [6.45, 7) is 1.70. The fourth-order valence-electron chi connectivity index (χ4n) is 1.55. The number of aromatic nitrogens is 1. The van der Waals surface area contributed by atoms with Gasteiger partial charge in [-0.25, -0.2) is 4.39 Å². The second-order valence-corrected chi connectivity index (χ2v) is 3.90. The lowest BCUT2D eigenvalue weighted by Crippen LogP contribution is -2.13. The van der Waals surface area contributed by atoms with Crippen molar-refractivity contribution in [3.05, 3.63) is 57.2 Å². The second-order valence-electron chi connectivity index (χ2n) is 3.49. The van der Waals surface area contributed by atoms with Crippen LogP contribution in [0.4, 0.5) is 4.39 Å². The van der Waals surface area contributed by atoms with Crippen LogP contribution in [0.5, 0.6) is 0 Å². The van der Waals surface area contributed by atoms with Gasteiger partial charge in [-0.3, -0.25) is 4.79 Å². The normalized spacial score (nSPS) is 10.4. The molecule has 0 aliphatic rings. The quantitative estimate of drug-likeness (QED) is 0.812. The van der Waals surface area contributed by atoms with Gasteiger partial charge < -0.3 is 4.98 Å². The van der Waals surface area contributed by atoms with E-state index >= 15 is 0 Å². The molecule has 0 spiro atoms. The highest BCUT2D eigenvalue weighted by atomic mass is 35.5. The molecule has 2 nitrogen and oxygen atoms in total. The van der Waals surface area contributed by atoms with Crippen molar-refractivity contribution in [2.75, 3.05) is 0 Å².